The van der Waals surface area contributed by atoms with Gasteiger partial charge in [0.1, 0.15) is 0 Å². The summed E-state index contributed by atoms with van der Waals surface area (Å²) >= 11 is 1.81. The van der Waals surface area contributed by atoms with Crippen molar-refractivity contribution in [2.75, 3.05) is 24.5 Å². The Hall–Kier alpha value is -1.08. The maximum atomic E-state index is 4.81. The smallest absolute Gasteiger partial charge is 0.198 e. The van der Waals surface area contributed by atoms with Crippen LogP contribution in [0, 0.1) is 0 Å². The molecular weight excluding hydrogens is 405 g/mol. The monoisotopic (exact) mass is 427 g/mol. The average Bonchev–Trinajstić information content (AvgIpc) is 3.16. The van der Waals surface area contributed by atoms with Crippen molar-refractivity contribution in [3.63, 3.8) is 0 Å². The van der Waals surface area contributed by atoms with Crippen LogP contribution in [0.1, 0.15) is 17.4 Å². The van der Waals surface area contributed by atoms with Crippen molar-refractivity contribution in [2.24, 2.45) is 4.99 Å². The molecule has 0 saturated carbocycles. The number of halogens is 1. The molecule has 1 N–H and O–H groups in total. The maximum Gasteiger partial charge on any atom is 0.198 e. The van der Waals surface area contributed by atoms with E-state index >= 15 is 0 Å². The van der Waals surface area contributed by atoms with Crippen LogP contribution < -0.4 is 10.2 Å². The highest BCUT2D eigenvalue weighted by Gasteiger charge is 2.22. The number of fused-ring (bicyclic) bond motifs is 1. The van der Waals surface area contributed by atoms with Gasteiger partial charge in [0.15, 0.2) is 5.96 Å². The number of guanidine groups is 1. The highest BCUT2D eigenvalue weighted by molar-refractivity contribution is 14.0. The van der Waals surface area contributed by atoms with Crippen molar-refractivity contribution in [2.45, 2.75) is 19.8 Å². The minimum Gasteiger partial charge on any atom is -0.356 e. The lowest BCUT2D eigenvalue weighted by Crippen LogP contribution is -2.40. The van der Waals surface area contributed by atoms with Crippen molar-refractivity contribution in [1.82, 2.24) is 5.32 Å². The molecule has 22 heavy (non-hydrogen) atoms. The van der Waals surface area contributed by atoms with E-state index < -0.39 is 0 Å². The fourth-order valence-electron chi connectivity index (χ4n) is 2.68. The Morgan fingerprint density at radius 3 is 2.91 bits per heavy atom. The predicted molar refractivity (Wildman–Crippen MR) is 107 cm³/mol. The zero-order valence-electron chi connectivity index (χ0n) is 12.8. The molecule has 0 amide bonds. The van der Waals surface area contributed by atoms with Crippen LogP contribution in [-0.2, 0) is 12.8 Å². The Bertz CT molecular complexity index is 610. The second kappa shape index (κ2) is 8.53. The highest BCUT2D eigenvalue weighted by Crippen LogP contribution is 2.27. The molecule has 0 atom stereocenters. The van der Waals surface area contributed by atoms with Gasteiger partial charge in [0.25, 0.3) is 0 Å². The quantitative estimate of drug-likeness (QED) is 0.455. The Morgan fingerprint density at radius 2 is 2.14 bits per heavy atom. The SMILES string of the molecule is CCNC(=NCCc1cccs1)N1CCc2ccccc21.I. The first-order chi connectivity index (χ1) is 10.4. The first-order valence-corrected chi connectivity index (χ1v) is 8.42. The van der Waals surface area contributed by atoms with E-state index in [1.165, 1.54) is 16.1 Å². The maximum absolute atomic E-state index is 4.81. The van der Waals surface area contributed by atoms with Crippen LogP contribution in [0.2, 0.25) is 0 Å². The number of nitrogens with one attached hydrogen (secondary N) is 1. The van der Waals surface area contributed by atoms with E-state index in [2.05, 4.69) is 58.9 Å². The molecule has 1 aromatic heterocycles. The summed E-state index contributed by atoms with van der Waals surface area (Å²) in [4.78, 5) is 8.52. The standard InChI is InChI=1S/C17H21N3S.HI/c1-2-18-17(19-11-9-15-7-5-13-21-15)20-12-10-14-6-3-4-8-16(14)20;/h3-8,13H,2,9-12H2,1H3,(H,18,19);1H. The second-order valence-corrected chi connectivity index (χ2v) is 6.13. The molecule has 2 heterocycles. The summed E-state index contributed by atoms with van der Waals surface area (Å²) in [7, 11) is 0. The molecule has 0 unspecified atom stereocenters. The van der Waals surface area contributed by atoms with Crippen LogP contribution in [0.5, 0.6) is 0 Å². The molecule has 118 valence electrons. The molecule has 1 aliphatic rings. The molecule has 0 aliphatic carbocycles. The van der Waals surface area contributed by atoms with E-state index in [-0.39, 0.29) is 24.0 Å². The van der Waals surface area contributed by atoms with Crippen LogP contribution >= 0.6 is 35.3 Å². The molecule has 5 heteroatoms. The van der Waals surface area contributed by atoms with Crippen LogP contribution in [0.4, 0.5) is 5.69 Å². The van der Waals surface area contributed by atoms with Crippen LogP contribution in [0.25, 0.3) is 0 Å². The van der Waals surface area contributed by atoms with Gasteiger partial charge in [-0.15, -0.1) is 35.3 Å². The van der Waals surface area contributed by atoms with Crippen molar-refractivity contribution in [3.05, 3.63) is 52.2 Å². The van der Waals surface area contributed by atoms with E-state index in [0.717, 1.165) is 38.4 Å². The van der Waals surface area contributed by atoms with Gasteiger partial charge in [-0.25, -0.2) is 0 Å². The van der Waals surface area contributed by atoms with Crippen LogP contribution in [0.3, 0.4) is 0 Å². The van der Waals surface area contributed by atoms with Crippen LogP contribution in [-0.4, -0.2) is 25.6 Å². The zero-order valence-corrected chi connectivity index (χ0v) is 15.9. The summed E-state index contributed by atoms with van der Waals surface area (Å²) in [5.74, 6) is 1.01. The highest BCUT2D eigenvalue weighted by atomic mass is 127. The summed E-state index contributed by atoms with van der Waals surface area (Å²) < 4.78 is 0. The van der Waals surface area contributed by atoms with E-state index in [4.69, 9.17) is 4.99 Å². The van der Waals surface area contributed by atoms with Crippen molar-refractivity contribution in [3.8, 4) is 0 Å². The summed E-state index contributed by atoms with van der Waals surface area (Å²) in [5.41, 5.74) is 2.72. The normalized spacial score (nSPS) is 13.7. The van der Waals surface area contributed by atoms with Crippen molar-refractivity contribution >= 4 is 47.0 Å². The summed E-state index contributed by atoms with van der Waals surface area (Å²) in [6.45, 7) is 4.87. The molecule has 2 aromatic rings. The number of aliphatic imine (C=N–C) groups is 1. The fourth-order valence-corrected chi connectivity index (χ4v) is 3.38. The lowest BCUT2D eigenvalue weighted by Gasteiger charge is -2.22. The zero-order chi connectivity index (χ0) is 14.5. The number of hydrogen-bond donors (Lipinski definition) is 1. The summed E-state index contributed by atoms with van der Waals surface area (Å²) in [6.07, 6.45) is 2.12. The molecule has 1 aliphatic heterocycles. The van der Waals surface area contributed by atoms with Crippen molar-refractivity contribution < 1.29 is 0 Å². The third-order valence-corrected chi connectivity index (χ3v) is 4.61. The van der Waals surface area contributed by atoms with Gasteiger partial charge in [0.2, 0.25) is 0 Å². The molecule has 3 rings (SSSR count). The molecular formula is C17H22IN3S. The first kappa shape index (κ1) is 17.3. The largest absolute Gasteiger partial charge is 0.356 e. The molecule has 3 nitrogen and oxygen atoms in total. The number of anilines is 1. The van der Waals surface area contributed by atoms with E-state index in [0.29, 0.717) is 0 Å². The van der Waals surface area contributed by atoms with Gasteiger partial charge in [-0.1, -0.05) is 24.3 Å². The molecule has 0 saturated heterocycles. The van der Waals surface area contributed by atoms with E-state index in [9.17, 15) is 0 Å². The third-order valence-electron chi connectivity index (χ3n) is 3.68. The van der Waals surface area contributed by atoms with Crippen molar-refractivity contribution in [1.29, 1.82) is 0 Å². The molecule has 0 fully saturated rings. The number of rotatable bonds is 4. The average molecular weight is 427 g/mol. The molecule has 0 spiro atoms. The number of para-hydroxylation sites is 1. The molecule has 1 aromatic carbocycles. The second-order valence-electron chi connectivity index (χ2n) is 5.10. The lowest BCUT2D eigenvalue weighted by molar-refractivity contribution is 0.875. The Kier molecular flexibility index (Phi) is 6.70. The number of benzene rings is 1. The summed E-state index contributed by atoms with van der Waals surface area (Å²) in [6, 6.07) is 12.9. The van der Waals surface area contributed by atoms with Gasteiger partial charge in [0.05, 0.1) is 0 Å². The Labute approximate surface area is 153 Å². The van der Waals surface area contributed by atoms with E-state index in [1.807, 2.05) is 0 Å². The third kappa shape index (κ3) is 4.01. The van der Waals surface area contributed by atoms with E-state index in [1.54, 1.807) is 11.3 Å². The van der Waals surface area contributed by atoms with Crippen LogP contribution in [0.15, 0.2) is 46.8 Å². The van der Waals surface area contributed by atoms with Gasteiger partial charge < -0.3 is 10.2 Å². The minimum atomic E-state index is 0. The van der Waals surface area contributed by atoms with Gasteiger partial charge in [-0.05, 0) is 36.4 Å². The molecule has 0 bridgehead atoms. The van der Waals surface area contributed by atoms with Gasteiger partial charge in [-0.2, -0.15) is 0 Å². The number of hydrogen-bond acceptors (Lipinski definition) is 2. The first-order valence-electron chi connectivity index (χ1n) is 7.54. The Balaban J connectivity index is 0.00000176. The predicted octanol–water partition coefficient (Wildman–Crippen LogP) is 3.94. The minimum absolute atomic E-state index is 0. The number of thiophene rings is 1. The summed E-state index contributed by atoms with van der Waals surface area (Å²) in [5, 5.41) is 5.55. The van der Waals surface area contributed by atoms with Gasteiger partial charge in [-0.3, -0.25) is 4.99 Å². The Morgan fingerprint density at radius 1 is 1.27 bits per heavy atom. The fraction of sp³-hybridized carbons (Fsp3) is 0.353. The topological polar surface area (TPSA) is 27.6 Å². The molecule has 0 radical (unpaired) electrons. The van der Waals surface area contributed by atoms with Gasteiger partial charge in [0, 0.05) is 36.6 Å². The lowest BCUT2D eigenvalue weighted by atomic mass is 10.2. The number of nitrogens with zero attached hydrogens (tertiary/aromatic N) is 2. The van der Waals surface area contributed by atoms with Gasteiger partial charge >= 0.3 is 0 Å².